The van der Waals surface area contributed by atoms with Crippen molar-refractivity contribution >= 4 is 11.7 Å². The Morgan fingerprint density at radius 3 is 2.83 bits per heavy atom. The van der Waals surface area contributed by atoms with Crippen LogP contribution in [-0.2, 0) is 0 Å². The van der Waals surface area contributed by atoms with Gasteiger partial charge in [-0.2, -0.15) is 0 Å². The zero-order valence-corrected chi connectivity index (χ0v) is 13.5. The first-order valence-corrected chi connectivity index (χ1v) is 8.00. The first-order valence-electron chi connectivity index (χ1n) is 8.00. The van der Waals surface area contributed by atoms with Crippen molar-refractivity contribution in [3.63, 3.8) is 0 Å². The topological polar surface area (TPSA) is 76.1 Å². The summed E-state index contributed by atoms with van der Waals surface area (Å²) in [5.41, 5.74) is 1.64. The third-order valence-corrected chi connectivity index (χ3v) is 3.77. The van der Waals surface area contributed by atoms with Gasteiger partial charge in [-0.1, -0.05) is 12.2 Å². The normalized spacial score (nSPS) is 16.5. The van der Waals surface area contributed by atoms with Crippen LogP contribution in [0.5, 0.6) is 11.8 Å². The van der Waals surface area contributed by atoms with Crippen LogP contribution in [-0.4, -0.2) is 22.0 Å². The number of nitrogens with zero attached hydrogens (tertiary/aromatic N) is 2. The predicted octanol–water partition coefficient (Wildman–Crippen LogP) is 3.81. The smallest absolute Gasteiger partial charge is 0.321 e. The zero-order valence-electron chi connectivity index (χ0n) is 13.5. The van der Waals surface area contributed by atoms with Gasteiger partial charge in [-0.05, 0) is 56.0 Å². The van der Waals surface area contributed by atoms with Gasteiger partial charge < -0.3 is 15.4 Å². The van der Waals surface area contributed by atoms with Crippen molar-refractivity contribution in [2.24, 2.45) is 0 Å². The third-order valence-electron chi connectivity index (χ3n) is 3.77. The summed E-state index contributed by atoms with van der Waals surface area (Å²) in [6.07, 6.45) is 10.6. The molecule has 6 heteroatoms. The Morgan fingerprint density at radius 1 is 1.29 bits per heavy atom. The number of carbonyl (C=O) groups excluding carboxylic acids is 1. The molecule has 124 valence electrons. The van der Waals surface area contributed by atoms with Crippen LogP contribution in [0.3, 0.4) is 0 Å². The van der Waals surface area contributed by atoms with Gasteiger partial charge in [0.25, 0.3) is 0 Å². The number of ether oxygens (including phenoxy) is 1. The predicted molar refractivity (Wildman–Crippen MR) is 92.2 cm³/mol. The van der Waals surface area contributed by atoms with Crippen molar-refractivity contribution in [2.45, 2.75) is 32.2 Å². The summed E-state index contributed by atoms with van der Waals surface area (Å²) in [6, 6.07) is 7.35. The molecule has 6 nitrogen and oxygen atoms in total. The van der Waals surface area contributed by atoms with Gasteiger partial charge >= 0.3 is 12.0 Å². The minimum Gasteiger partial charge on any atom is -0.424 e. The molecular formula is C18H20N4O2. The summed E-state index contributed by atoms with van der Waals surface area (Å²) in [7, 11) is 0. The van der Waals surface area contributed by atoms with Crippen LogP contribution in [0.4, 0.5) is 10.5 Å². The molecule has 24 heavy (non-hydrogen) atoms. The quantitative estimate of drug-likeness (QED) is 0.839. The Balaban J connectivity index is 1.61. The Bertz CT molecular complexity index is 731. The molecular weight excluding hydrogens is 304 g/mol. The maximum Gasteiger partial charge on any atom is 0.321 e. The standard InChI is InChI=1S/C18H20N4O2/c1-13-12-15(24-18-19-10-5-11-20-18)8-9-16(13)22-17(23)21-14-6-3-2-4-7-14/h3,5-6,8-12,14H,2,4,7H2,1H3,(H2,21,22,23)/t14-/m0/s1. The molecule has 1 atom stereocenters. The maximum atomic E-state index is 12.1. The van der Waals surface area contributed by atoms with E-state index in [0.717, 1.165) is 30.5 Å². The molecule has 0 saturated heterocycles. The highest BCUT2D eigenvalue weighted by molar-refractivity contribution is 5.90. The van der Waals surface area contributed by atoms with E-state index in [1.165, 1.54) is 0 Å². The number of nitrogens with one attached hydrogen (secondary N) is 2. The van der Waals surface area contributed by atoms with Crippen LogP contribution >= 0.6 is 0 Å². The number of hydrogen-bond acceptors (Lipinski definition) is 4. The SMILES string of the molecule is Cc1cc(Oc2ncccn2)ccc1NC(=O)N[C@H]1C=CCCC1. The summed E-state index contributed by atoms with van der Waals surface area (Å²) in [4.78, 5) is 20.1. The lowest BCUT2D eigenvalue weighted by Gasteiger charge is -2.19. The lowest BCUT2D eigenvalue weighted by atomic mass is 10.0. The molecule has 1 aliphatic carbocycles. The lowest BCUT2D eigenvalue weighted by molar-refractivity contribution is 0.249. The molecule has 0 unspecified atom stereocenters. The highest BCUT2D eigenvalue weighted by Crippen LogP contribution is 2.24. The van der Waals surface area contributed by atoms with Gasteiger partial charge in [-0.25, -0.2) is 14.8 Å². The highest BCUT2D eigenvalue weighted by Gasteiger charge is 2.12. The van der Waals surface area contributed by atoms with Crippen molar-refractivity contribution in [1.29, 1.82) is 0 Å². The van der Waals surface area contributed by atoms with E-state index in [4.69, 9.17) is 4.74 Å². The number of carbonyl (C=O) groups is 1. The minimum atomic E-state index is -0.199. The lowest BCUT2D eigenvalue weighted by Crippen LogP contribution is -2.37. The molecule has 0 bridgehead atoms. The molecule has 3 rings (SSSR count). The van der Waals surface area contributed by atoms with Crippen molar-refractivity contribution < 1.29 is 9.53 Å². The maximum absolute atomic E-state index is 12.1. The Labute approximate surface area is 141 Å². The number of urea groups is 1. The number of benzene rings is 1. The van der Waals surface area contributed by atoms with E-state index in [1.807, 2.05) is 25.1 Å². The molecule has 1 aromatic carbocycles. The first-order chi connectivity index (χ1) is 11.7. The van der Waals surface area contributed by atoms with Gasteiger partial charge in [0, 0.05) is 24.1 Å². The molecule has 0 spiro atoms. The number of allylic oxidation sites excluding steroid dienone is 1. The Kier molecular flexibility index (Phi) is 5.05. The van der Waals surface area contributed by atoms with E-state index >= 15 is 0 Å². The third kappa shape index (κ3) is 4.32. The second kappa shape index (κ2) is 7.59. The second-order valence-corrected chi connectivity index (χ2v) is 5.67. The largest absolute Gasteiger partial charge is 0.424 e. The van der Waals surface area contributed by atoms with Crippen LogP contribution in [0.2, 0.25) is 0 Å². The summed E-state index contributed by atoms with van der Waals surface area (Å²) >= 11 is 0. The molecule has 2 aromatic rings. The fourth-order valence-corrected chi connectivity index (χ4v) is 2.54. The molecule has 1 aliphatic rings. The van der Waals surface area contributed by atoms with Gasteiger partial charge in [-0.3, -0.25) is 0 Å². The summed E-state index contributed by atoms with van der Waals surface area (Å²) < 4.78 is 5.58. The van der Waals surface area contributed by atoms with Gasteiger partial charge in [-0.15, -0.1) is 0 Å². The molecule has 0 aliphatic heterocycles. The Hall–Kier alpha value is -2.89. The summed E-state index contributed by atoms with van der Waals surface area (Å²) in [5.74, 6) is 0.625. The van der Waals surface area contributed by atoms with Gasteiger partial charge in [0.1, 0.15) is 5.75 Å². The van der Waals surface area contributed by atoms with E-state index in [2.05, 4.69) is 26.7 Å². The number of aromatic nitrogens is 2. The van der Waals surface area contributed by atoms with E-state index in [-0.39, 0.29) is 12.1 Å². The molecule has 2 amide bonds. The number of hydrogen-bond donors (Lipinski definition) is 2. The molecule has 1 aromatic heterocycles. The molecule has 0 radical (unpaired) electrons. The number of amides is 2. The number of aryl methyl sites for hydroxylation is 1. The van der Waals surface area contributed by atoms with E-state index in [0.29, 0.717) is 11.8 Å². The van der Waals surface area contributed by atoms with Gasteiger partial charge in [0.05, 0.1) is 0 Å². The summed E-state index contributed by atoms with van der Waals surface area (Å²) in [6.45, 7) is 1.91. The van der Waals surface area contributed by atoms with Gasteiger partial charge in [0.2, 0.25) is 0 Å². The van der Waals surface area contributed by atoms with Crippen LogP contribution in [0, 0.1) is 6.92 Å². The van der Waals surface area contributed by atoms with Crippen molar-refractivity contribution in [1.82, 2.24) is 15.3 Å². The Morgan fingerprint density at radius 2 is 2.12 bits per heavy atom. The monoisotopic (exact) mass is 324 g/mol. The molecule has 1 heterocycles. The number of rotatable bonds is 4. The second-order valence-electron chi connectivity index (χ2n) is 5.67. The average Bonchev–Trinajstić information content (AvgIpc) is 2.59. The van der Waals surface area contributed by atoms with E-state index in [9.17, 15) is 4.79 Å². The fraction of sp³-hybridized carbons (Fsp3) is 0.278. The summed E-state index contributed by atoms with van der Waals surface area (Å²) in [5, 5.41) is 5.84. The molecule has 2 N–H and O–H groups in total. The van der Waals surface area contributed by atoms with Crippen LogP contribution in [0.15, 0.2) is 48.8 Å². The van der Waals surface area contributed by atoms with Crippen molar-refractivity contribution in [3.8, 4) is 11.8 Å². The molecule has 0 fully saturated rings. The van der Waals surface area contributed by atoms with Crippen molar-refractivity contribution in [3.05, 3.63) is 54.4 Å². The fourth-order valence-electron chi connectivity index (χ4n) is 2.54. The van der Waals surface area contributed by atoms with E-state index in [1.54, 1.807) is 24.5 Å². The highest BCUT2D eigenvalue weighted by atomic mass is 16.5. The van der Waals surface area contributed by atoms with Crippen molar-refractivity contribution in [2.75, 3.05) is 5.32 Å². The first kappa shape index (κ1) is 16.0. The van der Waals surface area contributed by atoms with Gasteiger partial charge in [0.15, 0.2) is 0 Å². The molecule has 0 saturated carbocycles. The van der Waals surface area contributed by atoms with E-state index < -0.39 is 0 Å². The number of anilines is 1. The minimum absolute atomic E-state index is 0.108. The zero-order chi connectivity index (χ0) is 16.8. The van der Waals surface area contributed by atoms with Crippen LogP contribution in [0.1, 0.15) is 24.8 Å². The van der Waals surface area contributed by atoms with Crippen LogP contribution in [0.25, 0.3) is 0 Å². The average molecular weight is 324 g/mol. The van der Waals surface area contributed by atoms with Crippen LogP contribution < -0.4 is 15.4 Å².